The molecular formula is C26H27N3O4S. The molecule has 2 aliphatic heterocycles. The molecule has 34 heavy (non-hydrogen) atoms. The van der Waals surface area contributed by atoms with Gasteiger partial charge in [-0.1, -0.05) is 42.0 Å². The molecule has 176 valence electrons. The highest BCUT2D eigenvalue weighted by molar-refractivity contribution is 7.20. The highest BCUT2D eigenvalue weighted by atomic mass is 32.1. The van der Waals surface area contributed by atoms with Gasteiger partial charge in [-0.2, -0.15) is 0 Å². The predicted octanol–water partition coefficient (Wildman–Crippen LogP) is 3.91. The van der Waals surface area contributed by atoms with Gasteiger partial charge < -0.3 is 14.7 Å². The van der Waals surface area contributed by atoms with E-state index in [1.165, 1.54) is 11.3 Å². The number of fused-ring (bicyclic) bond motifs is 1. The molecular weight excluding hydrogens is 450 g/mol. The summed E-state index contributed by atoms with van der Waals surface area (Å²) in [6, 6.07) is 14.7. The third-order valence-corrected chi connectivity index (χ3v) is 7.44. The van der Waals surface area contributed by atoms with Gasteiger partial charge in [0.25, 0.3) is 5.91 Å². The molecule has 0 bridgehead atoms. The maximum Gasteiger partial charge on any atom is 0.290 e. The Labute approximate surface area is 202 Å². The fourth-order valence-electron chi connectivity index (χ4n) is 4.59. The van der Waals surface area contributed by atoms with Gasteiger partial charge in [0, 0.05) is 26.2 Å². The molecule has 0 aliphatic carbocycles. The molecule has 8 heteroatoms. The highest BCUT2D eigenvalue weighted by Gasteiger charge is 2.44. The average Bonchev–Trinajstić information content (AvgIpc) is 3.40. The predicted molar refractivity (Wildman–Crippen MR) is 131 cm³/mol. The fraction of sp³-hybridized carbons (Fsp3) is 0.346. The number of ketones is 1. The van der Waals surface area contributed by atoms with Crippen LogP contribution in [0.15, 0.2) is 59.9 Å². The molecule has 0 spiro atoms. The van der Waals surface area contributed by atoms with E-state index in [0.717, 1.165) is 60.6 Å². The maximum absolute atomic E-state index is 13.6. The van der Waals surface area contributed by atoms with Gasteiger partial charge >= 0.3 is 0 Å². The van der Waals surface area contributed by atoms with Crippen LogP contribution >= 0.6 is 11.3 Å². The van der Waals surface area contributed by atoms with Crippen molar-refractivity contribution in [2.75, 3.05) is 39.4 Å². The van der Waals surface area contributed by atoms with Crippen molar-refractivity contribution in [1.82, 2.24) is 14.8 Å². The van der Waals surface area contributed by atoms with Gasteiger partial charge in [-0.05, 0) is 31.0 Å². The SMILES string of the molecule is Cc1ccc(C2C(C(=O)c3nc4ccccc4s3)=C(O)C(=O)N2CCCN2CCOCC2)cc1. The fourth-order valence-corrected chi connectivity index (χ4v) is 5.51. The zero-order valence-corrected chi connectivity index (χ0v) is 19.9. The Hall–Kier alpha value is -3.07. The van der Waals surface area contributed by atoms with Crippen LogP contribution in [0.1, 0.15) is 33.4 Å². The second-order valence-electron chi connectivity index (χ2n) is 8.70. The summed E-state index contributed by atoms with van der Waals surface area (Å²) in [6.07, 6.45) is 0.740. The van der Waals surface area contributed by atoms with E-state index in [2.05, 4.69) is 9.88 Å². The number of nitrogens with zero attached hydrogens (tertiary/aromatic N) is 3. The van der Waals surface area contributed by atoms with E-state index in [9.17, 15) is 14.7 Å². The number of aryl methyl sites for hydroxylation is 1. The number of carbonyl (C=O) groups excluding carboxylic acids is 2. The Kier molecular flexibility index (Phi) is 6.45. The normalized spacial score (nSPS) is 19.4. The van der Waals surface area contributed by atoms with Crippen LogP contribution in [0.2, 0.25) is 0 Å². The lowest BCUT2D eigenvalue weighted by molar-refractivity contribution is -0.129. The minimum Gasteiger partial charge on any atom is -0.503 e. The third-order valence-electron chi connectivity index (χ3n) is 6.41. The first kappa shape index (κ1) is 22.7. The second-order valence-corrected chi connectivity index (χ2v) is 9.73. The number of ether oxygens (including phenoxy) is 1. The van der Waals surface area contributed by atoms with Crippen molar-refractivity contribution in [1.29, 1.82) is 0 Å². The summed E-state index contributed by atoms with van der Waals surface area (Å²) in [6.45, 7) is 6.45. The van der Waals surface area contributed by atoms with Gasteiger partial charge in [0.15, 0.2) is 10.8 Å². The molecule has 5 rings (SSSR count). The monoisotopic (exact) mass is 477 g/mol. The Morgan fingerprint density at radius 2 is 1.85 bits per heavy atom. The van der Waals surface area contributed by atoms with E-state index in [4.69, 9.17) is 4.74 Å². The van der Waals surface area contributed by atoms with Gasteiger partial charge in [-0.25, -0.2) is 4.98 Å². The molecule has 1 fully saturated rings. The Morgan fingerprint density at radius 1 is 1.12 bits per heavy atom. The summed E-state index contributed by atoms with van der Waals surface area (Å²) < 4.78 is 6.30. The quantitative estimate of drug-likeness (QED) is 0.520. The number of amides is 1. The molecule has 1 unspecified atom stereocenters. The van der Waals surface area contributed by atoms with Crippen molar-refractivity contribution in [2.24, 2.45) is 0 Å². The molecule has 1 aromatic heterocycles. The first-order valence-electron chi connectivity index (χ1n) is 11.5. The summed E-state index contributed by atoms with van der Waals surface area (Å²) in [5.74, 6) is -1.37. The lowest BCUT2D eigenvalue weighted by atomic mass is 9.95. The van der Waals surface area contributed by atoms with E-state index in [1.807, 2.05) is 55.5 Å². The van der Waals surface area contributed by atoms with Crippen LogP contribution in [0, 0.1) is 6.92 Å². The van der Waals surface area contributed by atoms with Crippen LogP contribution in [0.4, 0.5) is 0 Å². The molecule has 7 nitrogen and oxygen atoms in total. The number of thiazole rings is 1. The number of hydrogen-bond donors (Lipinski definition) is 1. The second kappa shape index (κ2) is 9.66. The number of carbonyl (C=O) groups is 2. The first-order valence-corrected chi connectivity index (χ1v) is 12.4. The van der Waals surface area contributed by atoms with Crippen LogP contribution in [-0.4, -0.2) is 71.0 Å². The van der Waals surface area contributed by atoms with E-state index in [0.29, 0.717) is 6.54 Å². The zero-order valence-electron chi connectivity index (χ0n) is 19.1. The van der Waals surface area contributed by atoms with Gasteiger partial charge in [-0.3, -0.25) is 14.5 Å². The molecule has 0 saturated carbocycles. The molecule has 3 heterocycles. The smallest absolute Gasteiger partial charge is 0.290 e. The minimum absolute atomic E-state index is 0.110. The number of morpholine rings is 1. The number of aliphatic hydroxyl groups excluding tert-OH is 1. The van der Waals surface area contributed by atoms with E-state index in [1.54, 1.807) is 4.90 Å². The maximum atomic E-state index is 13.6. The Morgan fingerprint density at radius 3 is 2.59 bits per heavy atom. The number of benzene rings is 2. The van der Waals surface area contributed by atoms with Gasteiger partial charge in [0.05, 0.1) is 35.0 Å². The largest absolute Gasteiger partial charge is 0.503 e. The summed E-state index contributed by atoms with van der Waals surface area (Å²) in [4.78, 5) is 35.2. The van der Waals surface area contributed by atoms with Gasteiger partial charge in [0.1, 0.15) is 0 Å². The van der Waals surface area contributed by atoms with Crippen LogP contribution in [0.3, 0.4) is 0 Å². The Balaban J connectivity index is 1.45. The lowest BCUT2D eigenvalue weighted by Crippen LogP contribution is -2.39. The minimum atomic E-state index is -0.641. The van der Waals surface area contributed by atoms with Gasteiger partial charge in [-0.15, -0.1) is 11.3 Å². The molecule has 1 N–H and O–H groups in total. The lowest BCUT2D eigenvalue weighted by Gasteiger charge is -2.30. The number of aromatic nitrogens is 1. The van der Waals surface area contributed by atoms with Crippen molar-refractivity contribution in [2.45, 2.75) is 19.4 Å². The Bertz CT molecular complexity index is 1210. The van der Waals surface area contributed by atoms with Crippen molar-refractivity contribution in [3.8, 4) is 0 Å². The van der Waals surface area contributed by atoms with Crippen molar-refractivity contribution in [3.05, 3.63) is 76.0 Å². The van der Waals surface area contributed by atoms with Gasteiger partial charge in [0.2, 0.25) is 5.78 Å². The molecule has 2 aromatic carbocycles. The number of aliphatic hydroxyl groups is 1. The number of rotatable bonds is 7. The summed E-state index contributed by atoms with van der Waals surface area (Å²) in [7, 11) is 0. The molecule has 1 atom stereocenters. The third kappa shape index (κ3) is 4.36. The highest BCUT2D eigenvalue weighted by Crippen LogP contribution is 2.40. The molecule has 3 aromatic rings. The average molecular weight is 478 g/mol. The van der Waals surface area contributed by atoms with Crippen molar-refractivity contribution >= 4 is 33.2 Å². The summed E-state index contributed by atoms with van der Waals surface area (Å²) in [5.41, 5.74) is 2.73. The summed E-state index contributed by atoms with van der Waals surface area (Å²) in [5, 5.41) is 11.2. The molecule has 0 radical (unpaired) electrons. The first-order chi connectivity index (χ1) is 16.5. The molecule has 2 aliphatic rings. The van der Waals surface area contributed by atoms with Crippen molar-refractivity contribution in [3.63, 3.8) is 0 Å². The zero-order chi connectivity index (χ0) is 23.7. The standard InChI is InChI=1S/C26H27N3O4S/c1-17-7-9-18(10-8-17)22-21(23(30)25-27-19-5-2-3-6-20(19)34-25)24(31)26(32)29(22)12-4-11-28-13-15-33-16-14-28/h2-3,5-10,22,31H,4,11-16H2,1H3. The van der Waals surface area contributed by atoms with Crippen LogP contribution in [0.5, 0.6) is 0 Å². The number of Topliss-reactive ketones (excluding diaryl/α,β-unsaturated/α-hetero) is 1. The topological polar surface area (TPSA) is 83.0 Å². The van der Waals surface area contributed by atoms with Crippen LogP contribution in [0.25, 0.3) is 10.2 Å². The molecule has 1 amide bonds. The van der Waals surface area contributed by atoms with E-state index in [-0.39, 0.29) is 10.6 Å². The summed E-state index contributed by atoms with van der Waals surface area (Å²) >= 11 is 1.28. The van der Waals surface area contributed by atoms with Crippen LogP contribution in [-0.2, 0) is 9.53 Å². The van der Waals surface area contributed by atoms with Crippen LogP contribution < -0.4 is 0 Å². The number of hydrogen-bond acceptors (Lipinski definition) is 7. The number of para-hydroxylation sites is 1. The van der Waals surface area contributed by atoms with E-state index >= 15 is 0 Å². The van der Waals surface area contributed by atoms with E-state index < -0.39 is 23.5 Å². The molecule has 1 saturated heterocycles. The van der Waals surface area contributed by atoms with Crippen molar-refractivity contribution < 1.29 is 19.4 Å².